The summed E-state index contributed by atoms with van der Waals surface area (Å²) in [6.07, 6.45) is 1.38. The van der Waals surface area contributed by atoms with E-state index in [1.807, 2.05) is 0 Å². The number of Topliss-reactive ketones (excluding diaryl/α,β-unsaturated/α-hetero) is 1. The highest BCUT2D eigenvalue weighted by Gasteiger charge is 2.15. The summed E-state index contributed by atoms with van der Waals surface area (Å²) in [6.45, 7) is 4.60. The van der Waals surface area contributed by atoms with E-state index in [0.29, 0.717) is 13.0 Å². The Morgan fingerprint density at radius 3 is 2.50 bits per heavy atom. The van der Waals surface area contributed by atoms with Crippen LogP contribution in [0.4, 0.5) is 8.78 Å². The van der Waals surface area contributed by atoms with Crippen molar-refractivity contribution in [3.05, 3.63) is 35.4 Å². The van der Waals surface area contributed by atoms with Crippen molar-refractivity contribution in [2.45, 2.75) is 12.8 Å². The molecule has 0 aromatic heterocycles. The molecule has 1 aromatic rings. The average Bonchev–Trinajstić information content (AvgIpc) is 2.59. The molecule has 0 amide bonds. The maximum Gasteiger partial charge on any atom is 0.164 e. The van der Waals surface area contributed by atoms with Crippen molar-refractivity contribution in [2.24, 2.45) is 0 Å². The van der Waals surface area contributed by atoms with Gasteiger partial charge in [0.1, 0.15) is 11.6 Å². The molecule has 0 N–H and O–H groups in total. The first kappa shape index (κ1) is 15.1. The van der Waals surface area contributed by atoms with Crippen LogP contribution in [0.15, 0.2) is 18.2 Å². The van der Waals surface area contributed by atoms with Gasteiger partial charge in [0.2, 0.25) is 0 Å². The smallest absolute Gasteiger partial charge is 0.164 e. The molecule has 1 saturated heterocycles. The second kappa shape index (κ2) is 6.90. The van der Waals surface area contributed by atoms with Gasteiger partial charge in [-0.15, -0.1) is 0 Å². The number of likely N-dealkylation sites (N-methyl/N-ethyl adjacent to an activating group) is 1. The topological polar surface area (TPSA) is 23.6 Å². The third kappa shape index (κ3) is 4.35. The Hall–Kier alpha value is -1.33. The molecule has 0 radical (unpaired) electrons. The highest BCUT2D eigenvalue weighted by Crippen LogP contribution is 2.11. The van der Waals surface area contributed by atoms with Crippen molar-refractivity contribution in [3.8, 4) is 0 Å². The van der Waals surface area contributed by atoms with Gasteiger partial charge in [-0.25, -0.2) is 8.78 Å². The Kier molecular flexibility index (Phi) is 5.20. The van der Waals surface area contributed by atoms with Crippen molar-refractivity contribution < 1.29 is 13.6 Å². The normalized spacial score (nSPS) is 17.9. The minimum absolute atomic E-state index is 0.120. The number of hydrogen-bond donors (Lipinski definition) is 0. The van der Waals surface area contributed by atoms with Crippen molar-refractivity contribution >= 4 is 5.78 Å². The molecule has 5 heteroatoms. The molecule has 1 heterocycles. The number of nitrogens with zero attached hydrogens (tertiary/aromatic N) is 2. The SMILES string of the molecule is CN1CCCN(CCC(=O)c2cc(F)cc(F)c2)CC1. The van der Waals surface area contributed by atoms with E-state index in [1.54, 1.807) is 0 Å². The summed E-state index contributed by atoms with van der Waals surface area (Å²) < 4.78 is 26.1. The van der Waals surface area contributed by atoms with Crippen molar-refractivity contribution in [1.82, 2.24) is 9.80 Å². The average molecular weight is 282 g/mol. The van der Waals surface area contributed by atoms with Crippen LogP contribution in [0.2, 0.25) is 0 Å². The highest BCUT2D eigenvalue weighted by atomic mass is 19.1. The van der Waals surface area contributed by atoms with E-state index in [2.05, 4.69) is 16.8 Å². The Morgan fingerprint density at radius 1 is 1.10 bits per heavy atom. The van der Waals surface area contributed by atoms with Crippen LogP contribution in [0.1, 0.15) is 23.2 Å². The molecular formula is C15H20F2N2O. The van der Waals surface area contributed by atoms with E-state index in [4.69, 9.17) is 0 Å². The van der Waals surface area contributed by atoms with Gasteiger partial charge in [-0.1, -0.05) is 0 Å². The van der Waals surface area contributed by atoms with Gasteiger partial charge in [0.15, 0.2) is 5.78 Å². The van der Waals surface area contributed by atoms with Gasteiger partial charge in [-0.3, -0.25) is 4.79 Å². The number of benzene rings is 1. The third-order valence-electron chi connectivity index (χ3n) is 3.65. The Morgan fingerprint density at radius 2 is 1.80 bits per heavy atom. The fraction of sp³-hybridized carbons (Fsp3) is 0.533. The monoisotopic (exact) mass is 282 g/mol. The van der Waals surface area contributed by atoms with Crippen LogP contribution in [0, 0.1) is 11.6 Å². The number of halogens is 2. The highest BCUT2D eigenvalue weighted by molar-refractivity contribution is 5.96. The van der Waals surface area contributed by atoms with Gasteiger partial charge in [-0.2, -0.15) is 0 Å². The van der Waals surface area contributed by atoms with Gasteiger partial charge >= 0.3 is 0 Å². The van der Waals surface area contributed by atoms with Crippen LogP contribution in [-0.4, -0.2) is 55.4 Å². The predicted molar refractivity (Wildman–Crippen MR) is 73.9 cm³/mol. The van der Waals surface area contributed by atoms with Gasteiger partial charge in [0.25, 0.3) is 0 Å². The van der Waals surface area contributed by atoms with Crippen molar-refractivity contribution in [1.29, 1.82) is 0 Å². The predicted octanol–water partition coefficient (Wildman–Crippen LogP) is 2.18. The summed E-state index contributed by atoms with van der Waals surface area (Å²) in [5.41, 5.74) is 0.120. The van der Waals surface area contributed by atoms with Gasteiger partial charge < -0.3 is 9.80 Å². The molecule has 1 aromatic carbocycles. The first-order valence-electron chi connectivity index (χ1n) is 6.95. The second-order valence-electron chi connectivity index (χ2n) is 5.33. The lowest BCUT2D eigenvalue weighted by Crippen LogP contribution is -2.30. The van der Waals surface area contributed by atoms with Gasteiger partial charge in [-0.05, 0) is 38.7 Å². The van der Waals surface area contributed by atoms with E-state index < -0.39 is 11.6 Å². The lowest BCUT2D eigenvalue weighted by Gasteiger charge is -2.19. The molecule has 0 spiro atoms. The van der Waals surface area contributed by atoms with Crippen molar-refractivity contribution in [3.63, 3.8) is 0 Å². The number of carbonyl (C=O) groups excluding carboxylic acids is 1. The molecule has 1 fully saturated rings. The van der Waals surface area contributed by atoms with E-state index in [0.717, 1.165) is 50.8 Å². The summed E-state index contributed by atoms with van der Waals surface area (Å²) in [5, 5.41) is 0. The Bertz CT molecular complexity index is 459. The molecule has 1 aliphatic heterocycles. The fourth-order valence-electron chi connectivity index (χ4n) is 2.44. The lowest BCUT2D eigenvalue weighted by molar-refractivity contribution is 0.0964. The lowest BCUT2D eigenvalue weighted by atomic mass is 10.1. The van der Waals surface area contributed by atoms with Gasteiger partial charge in [0.05, 0.1) is 0 Å². The molecule has 110 valence electrons. The summed E-state index contributed by atoms with van der Waals surface area (Å²) in [7, 11) is 2.09. The quantitative estimate of drug-likeness (QED) is 0.791. The zero-order chi connectivity index (χ0) is 14.5. The summed E-state index contributed by atoms with van der Waals surface area (Å²) in [4.78, 5) is 16.5. The fourth-order valence-corrected chi connectivity index (χ4v) is 2.44. The molecule has 0 saturated carbocycles. The number of carbonyl (C=O) groups is 1. The molecule has 20 heavy (non-hydrogen) atoms. The van der Waals surface area contributed by atoms with E-state index in [9.17, 15) is 13.6 Å². The molecule has 2 rings (SSSR count). The Labute approximate surface area is 118 Å². The molecular weight excluding hydrogens is 262 g/mol. The number of hydrogen-bond acceptors (Lipinski definition) is 3. The standard InChI is InChI=1S/C15H20F2N2O/c1-18-4-2-5-19(8-7-18)6-3-15(20)12-9-13(16)11-14(17)10-12/h9-11H,2-8H2,1H3. The molecule has 1 aliphatic rings. The van der Waals surface area contributed by atoms with Crippen LogP contribution < -0.4 is 0 Å². The van der Waals surface area contributed by atoms with Crippen molar-refractivity contribution in [2.75, 3.05) is 39.8 Å². The molecule has 0 atom stereocenters. The Balaban J connectivity index is 1.88. The minimum Gasteiger partial charge on any atom is -0.305 e. The maximum absolute atomic E-state index is 13.1. The summed E-state index contributed by atoms with van der Waals surface area (Å²) >= 11 is 0. The van der Waals surface area contributed by atoms with Crippen LogP contribution in [0.5, 0.6) is 0 Å². The van der Waals surface area contributed by atoms with Crippen LogP contribution in [0.25, 0.3) is 0 Å². The van der Waals surface area contributed by atoms with E-state index in [-0.39, 0.29) is 11.3 Å². The van der Waals surface area contributed by atoms with Crippen LogP contribution in [-0.2, 0) is 0 Å². The molecule has 0 aliphatic carbocycles. The molecule has 0 unspecified atom stereocenters. The van der Waals surface area contributed by atoms with E-state index in [1.165, 1.54) is 0 Å². The van der Waals surface area contributed by atoms with E-state index >= 15 is 0 Å². The summed E-state index contributed by atoms with van der Waals surface area (Å²) in [5.74, 6) is -1.62. The first-order chi connectivity index (χ1) is 9.54. The van der Waals surface area contributed by atoms with Crippen LogP contribution in [0.3, 0.4) is 0 Å². The molecule has 0 bridgehead atoms. The summed E-state index contributed by atoms with van der Waals surface area (Å²) in [6, 6.07) is 2.98. The first-order valence-corrected chi connectivity index (χ1v) is 6.95. The van der Waals surface area contributed by atoms with Gasteiger partial charge in [0, 0.05) is 37.7 Å². The van der Waals surface area contributed by atoms with Crippen LogP contribution >= 0.6 is 0 Å². The molecule has 3 nitrogen and oxygen atoms in total. The largest absolute Gasteiger partial charge is 0.305 e. The maximum atomic E-state index is 13.1. The second-order valence-corrected chi connectivity index (χ2v) is 5.33. The number of ketones is 1. The third-order valence-corrected chi connectivity index (χ3v) is 3.65. The number of rotatable bonds is 4. The minimum atomic E-state index is -0.704. The zero-order valence-corrected chi connectivity index (χ0v) is 11.7. The zero-order valence-electron chi connectivity index (χ0n) is 11.7.